The van der Waals surface area contributed by atoms with Gasteiger partial charge in [0, 0.05) is 18.1 Å². The van der Waals surface area contributed by atoms with E-state index in [0.717, 1.165) is 18.7 Å². The van der Waals surface area contributed by atoms with Crippen LogP contribution in [0.25, 0.3) is 0 Å². The fraction of sp³-hybridized carbons (Fsp3) is 0.357. The Morgan fingerprint density at radius 1 is 1.33 bits per heavy atom. The highest BCUT2D eigenvalue weighted by atomic mass is 15.0. The second kappa shape index (κ2) is 4.82. The van der Waals surface area contributed by atoms with Crippen molar-refractivity contribution < 1.29 is 0 Å². The van der Waals surface area contributed by atoms with Crippen LogP contribution in [0.4, 0.5) is 5.69 Å². The summed E-state index contributed by atoms with van der Waals surface area (Å²) in [6, 6.07) is 8.70. The van der Waals surface area contributed by atoms with Crippen LogP contribution in [-0.2, 0) is 6.42 Å². The predicted octanol–water partition coefficient (Wildman–Crippen LogP) is 2.08. The van der Waals surface area contributed by atoms with E-state index in [9.17, 15) is 0 Å². The Kier molecular flexibility index (Phi) is 3.02. The number of rotatable bonds is 3. The first-order valence-electron chi connectivity index (χ1n) is 6.42. The van der Waals surface area contributed by atoms with Crippen molar-refractivity contribution in [2.45, 2.75) is 18.9 Å². The predicted molar refractivity (Wildman–Crippen MR) is 72.3 cm³/mol. The van der Waals surface area contributed by atoms with Gasteiger partial charge in [0.15, 0.2) is 0 Å². The molecule has 0 radical (unpaired) electrons. The summed E-state index contributed by atoms with van der Waals surface area (Å²) in [6.07, 6.45) is 5.74. The standard InChI is InChI=1S/C14H18N4/c15-6-5-11-9-10-3-1-2-4-12(10)18-13(11)14-16-7-8-17-14/h1-4,7-8,11,13,18H,5-6,9,15H2,(H,16,17)/t11-,13+/m0/s1. The van der Waals surface area contributed by atoms with E-state index in [1.54, 1.807) is 6.20 Å². The van der Waals surface area contributed by atoms with E-state index in [1.165, 1.54) is 11.3 Å². The summed E-state index contributed by atoms with van der Waals surface area (Å²) < 4.78 is 0. The van der Waals surface area contributed by atoms with Crippen molar-refractivity contribution in [3.05, 3.63) is 48.0 Å². The maximum absolute atomic E-state index is 5.74. The van der Waals surface area contributed by atoms with Crippen LogP contribution < -0.4 is 11.1 Å². The third-order valence-corrected chi connectivity index (χ3v) is 3.63. The van der Waals surface area contributed by atoms with Crippen molar-refractivity contribution in [3.8, 4) is 0 Å². The molecular weight excluding hydrogens is 224 g/mol. The van der Waals surface area contributed by atoms with Crippen LogP contribution in [0, 0.1) is 5.92 Å². The third kappa shape index (κ3) is 1.99. The normalized spacial score (nSPS) is 22.3. The van der Waals surface area contributed by atoms with Gasteiger partial charge >= 0.3 is 0 Å². The van der Waals surface area contributed by atoms with Gasteiger partial charge in [0.1, 0.15) is 5.82 Å². The smallest absolute Gasteiger partial charge is 0.128 e. The number of nitrogens with one attached hydrogen (secondary N) is 2. The first-order chi connectivity index (χ1) is 8.88. The van der Waals surface area contributed by atoms with Crippen molar-refractivity contribution in [1.29, 1.82) is 0 Å². The Hall–Kier alpha value is -1.81. The van der Waals surface area contributed by atoms with Crippen LogP contribution in [0.15, 0.2) is 36.7 Å². The molecule has 0 aliphatic carbocycles. The summed E-state index contributed by atoms with van der Waals surface area (Å²) in [4.78, 5) is 7.60. The van der Waals surface area contributed by atoms with Gasteiger partial charge < -0.3 is 16.0 Å². The number of nitrogens with two attached hydrogens (primary N) is 1. The molecule has 94 valence electrons. The topological polar surface area (TPSA) is 66.7 Å². The molecule has 2 heterocycles. The molecular formula is C14H18N4. The Bertz CT molecular complexity index is 506. The highest BCUT2D eigenvalue weighted by Gasteiger charge is 2.29. The molecule has 4 nitrogen and oxygen atoms in total. The van der Waals surface area contributed by atoms with Crippen LogP contribution in [0.1, 0.15) is 23.9 Å². The third-order valence-electron chi connectivity index (χ3n) is 3.63. The maximum atomic E-state index is 5.74. The minimum Gasteiger partial charge on any atom is -0.375 e. The van der Waals surface area contributed by atoms with Crippen molar-refractivity contribution in [1.82, 2.24) is 9.97 Å². The number of H-pyrrole nitrogens is 1. The molecule has 0 spiro atoms. The van der Waals surface area contributed by atoms with Crippen molar-refractivity contribution in [2.75, 3.05) is 11.9 Å². The zero-order valence-corrected chi connectivity index (χ0v) is 10.3. The average Bonchev–Trinajstić information content (AvgIpc) is 2.92. The highest BCUT2D eigenvalue weighted by molar-refractivity contribution is 5.54. The number of para-hydroxylation sites is 1. The molecule has 0 bridgehead atoms. The quantitative estimate of drug-likeness (QED) is 0.772. The molecule has 1 aliphatic heterocycles. The number of hydrogen-bond donors (Lipinski definition) is 3. The summed E-state index contributed by atoms with van der Waals surface area (Å²) in [6.45, 7) is 0.714. The van der Waals surface area contributed by atoms with Gasteiger partial charge in [0.2, 0.25) is 0 Å². The van der Waals surface area contributed by atoms with Crippen LogP contribution >= 0.6 is 0 Å². The fourth-order valence-corrected chi connectivity index (χ4v) is 2.75. The first kappa shape index (κ1) is 11.3. The molecule has 2 atom stereocenters. The highest BCUT2D eigenvalue weighted by Crippen LogP contribution is 2.36. The molecule has 0 saturated carbocycles. The number of aromatic nitrogens is 2. The molecule has 1 aromatic heterocycles. The maximum Gasteiger partial charge on any atom is 0.128 e. The Morgan fingerprint density at radius 2 is 2.22 bits per heavy atom. The van der Waals surface area contributed by atoms with E-state index in [0.29, 0.717) is 12.5 Å². The SMILES string of the molecule is NCC[C@H]1Cc2ccccc2N[C@H]1c1ncc[nH]1. The lowest BCUT2D eigenvalue weighted by molar-refractivity contribution is 0.402. The van der Waals surface area contributed by atoms with Gasteiger partial charge in [-0.25, -0.2) is 4.98 Å². The van der Waals surface area contributed by atoms with Crippen molar-refractivity contribution in [2.24, 2.45) is 11.7 Å². The number of aromatic amines is 1. The van der Waals surface area contributed by atoms with Gasteiger partial charge in [-0.05, 0) is 36.9 Å². The number of nitrogens with zero attached hydrogens (tertiary/aromatic N) is 1. The minimum atomic E-state index is 0.235. The number of benzene rings is 1. The Balaban J connectivity index is 1.93. The second-order valence-electron chi connectivity index (χ2n) is 4.80. The van der Waals surface area contributed by atoms with E-state index < -0.39 is 0 Å². The molecule has 0 unspecified atom stereocenters. The van der Waals surface area contributed by atoms with E-state index in [4.69, 9.17) is 5.73 Å². The number of anilines is 1. The molecule has 2 aromatic rings. The van der Waals surface area contributed by atoms with Gasteiger partial charge in [-0.1, -0.05) is 18.2 Å². The van der Waals surface area contributed by atoms with Gasteiger partial charge in [0.05, 0.1) is 6.04 Å². The van der Waals surface area contributed by atoms with Crippen molar-refractivity contribution >= 4 is 5.69 Å². The lowest BCUT2D eigenvalue weighted by atomic mass is 9.84. The molecule has 4 heteroatoms. The van der Waals surface area contributed by atoms with Gasteiger partial charge in [0.25, 0.3) is 0 Å². The molecule has 1 aliphatic rings. The Labute approximate surface area is 107 Å². The fourth-order valence-electron chi connectivity index (χ4n) is 2.75. The molecule has 1 aromatic carbocycles. The second-order valence-corrected chi connectivity index (χ2v) is 4.80. The summed E-state index contributed by atoms with van der Waals surface area (Å²) in [7, 11) is 0. The Morgan fingerprint density at radius 3 is 3.00 bits per heavy atom. The largest absolute Gasteiger partial charge is 0.375 e. The number of hydrogen-bond acceptors (Lipinski definition) is 3. The lowest BCUT2D eigenvalue weighted by Crippen LogP contribution is -2.30. The van der Waals surface area contributed by atoms with E-state index in [-0.39, 0.29) is 6.04 Å². The van der Waals surface area contributed by atoms with Crippen molar-refractivity contribution in [3.63, 3.8) is 0 Å². The van der Waals surface area contributed by atoms with Gasteiger partial charge in [-0.15, -0.1) is 0 Å². The van der Waals surface area contributed by atoms with Crippen LogP contribution in [-0.4, -0.2) is 16.5 Å². The molecule has 18 heavy (non-hydrogen) atoms. The molecule has 0 amide bonds. The van der Waals surface area contributed by atoms with E-state index in [1.807, 2.05) is 6.20 Å². The first-order valence-corrected chi connectivity index (χ1v) is 6.42. The van der Waals surface area contributed by atoms with Crippen LogP contribution in [0.3, 0.4) is 0 Å². The average molecular weight is 242 g/mol. The number of imidazole rings is 1. The summed E-state index contributed by atoms with van der Waals surface area (Å²) in [5, 5.41) is 3.58. The zero-order valence-electron chi connectivity index (χ0n) is 10.3. The summed E-state index contributed by atoms with van der Waals surface area (Å²) >= 11 is 0. The molecule has 0 saturated heterocycles. The zero-order chi connectivity index (χ0) is 12.4. The summed E-state index contributed by atoms with van der Waals surface area (Å²) in [5.41, 5.74) is 8.33. The monoisotopic (exact) mass is 242 g/mol. The van der Waals surface area contributed by atoms with E-state index in [2.05, 4.69) is 39.6 Å². The summed E-state index contributed by atoms with van der Waals surface area (Å²) in [5.74, 6) is 1.50. The molecule has 3 rings (SSSR count). The van der Waals surface area contributed by atoms with Gasteiger partial charge in [-0.3, -0.25) is 0 Å². The molecule has 0 fully saturated rings. The van der Waals surface area contributed by atoms with E-state index >= 15 is 0 Å². The lowest BCUT2D eigenvalue weighted by Gasteiger charge is -2.33. The molecule has 4 N–H and O–H groups in total. The number of fused-ring (bicyclic) bond motifs is 1. The van der Waals surface area contributed by atoms with Crippen LogP contribution in [0.5, 0.6) is 0 Å². The van der Waals surface area contributed by atoms with Crippen LogP contribution in [0.2, 0.25) is 0 Å². The van der Waals surface area contributed by atoms with Gasteiger partial charge in [-0.2, -0.15) is 0 Å². The minimum absolute atomic E-state index is 0.235.